The molecule has 98 valence electrons. The molecule has 0 saturated heterocycles. The molecule has 0 aliphatic carbocycles. The number of nitrogens with zero attached hydrogens (tertiary/aromatic N) is 1. The Morgan fingerprint density at radius 3 is 2.58 bits per heavy atom. The van der Waals surface area contributed by atoms with Crippen molar-refractivity contribution in [2.24, 2.45) is 10.9 Å². The maximum Gasteiger partial charge on any atom is 0.170 e. The van der Waals surface area contributed by atoms with Gasteiger partial charge in [-0.15, -0.1) is 0 Å². The number of benzene rings is 2. The lowest BCUT2D eigenvalue weighted by molar-refractivity contribution is 0.318. The molecule has 0 spiro atoms. The van der Waals surface area contributed by atoms with E-state index in [0.29, 0.717) is 12.1 Å². The van der Waals surface area contributed by atoms with Crippen LogP contribution in [0.15, 0.2) is 53.7 Å². The molecule has 0 amide bonds. The minimum absolute atomic E-state index is 0.0737. The SMILES string of the molecule is NC(=NO)c1ccc(CNc2cccc(F)c2)cc1. The van der Waals surface area contributed by atoms with Crippen LogP contribution in [0.3, 0.4) is 0 Å². The van der Waals surface area contributed by atoms with E-state index < -0.39 is 0 Å². The van der Waals surface area contributed by atoms with Crippen LogP contribution in [-0.4, -0.2) is 11.0 Å². The topological polar surface area (TPSA) is 70.6 Å². The van der Waals surface area contributed by atoms with E-state index in [9.17, 15) is 4.39 Å². The van der Waals surface area contributed by atoms with Crippen molar-refractivity contribution in [3.05, 3.63) is 65.5 Å². The first kappa shape index (κ1) is 12.9. The van der Waals surface area contributed by atoms with E-state index in [-0.39, 0.29) is 11.7 Å². The van der Waals surface area contributed by atoms with Gasteiger partial charge in [0.25, 0.3) is 0 Å². The van der Waals surface area contributed by atoms with Gasteiger partial charge in [-0.2, -0.15) is 0 Å². The average molecular weight is 259 g/mol. The largest absolute Gasteiger partial charge is 0.409 e. The standard InChI is InChI=1S/C14H14FN3O/c15-12-2-1-3-13(8-12)17-9-10-4-6-11(7-5-10)14(16)18-19/h1-8,17,19H,9H2,(H2,16,18). The number of amidine groups is 1. The molecule has 0 atom stereocenters. The molecule has 19 heavy (non-hydrogen) atoms. The molecule has 0 saturated carbocycles. The molecule has 0 radical (unpaired) electrons. The number of nitrogens with two attached hydrogens (primary N) is 1. The van der Waals surface area contributed by atoms with Crippen molar-refractivity contribution in [3.8, 4) is 0 Å². The molecule has 0 aliphatic rings. The highest BCUT2D eigenvalue weighted by Crippen LogP contribution is 2.11. The number of hydrogen-bond acceptors (Lipinski definition) is 3. The summed E-state index contributed by atoms with van der Waals surface area (Å²) in [5, 5.41) is 14.6. The van der Waals surface area contributed by atoms with Crippen LogP contribution in [0.1, 0.15) is 11.1 Å². The molecule has 2 aromatic carbocycles. The van der Waals surface area contributed by atoms with Crippen molar-refractivity contribution in [1.82, 2.24) is 0 Å². The first-order chi connectivity index (χ1) is 9.19. The number of halogens is 1. The second-order valence-electron chi connectivity index (χ2n) is 4.05. The highest BCUT2D eigenvalue weighted by atomic mass is 19.1. The van der Waals surface area contributed by atoms with Gasteiger partial charge in [0.15, 0.2) is 5.84 Å². The summed E-state index contributed by atoms with van der Waals surface area (Å²) in [6.07, 6.45) is 0. The summed E-state index contributed by atoms with van der Waals surface area (Å²) >= 11 is 0. The maximum absolute atomic E-state index is 13.0. The zero-order valence-electron chi connectivity index (χ0n) is 10.2. The third-order valence-electron chi connectivity index (χ3n) is 2.68. The van der Waals surface area contributed by atoms with Gasteiger partial charge in [-0.05, 0) is 23.8 Å². The van der Waals surface area contributed by atoms with Crippen molar-refractivity contribution in [1.29, 1.82) is 0 Å². The van der Waals surface area contributed by atoms with E-state index in [0.717, 1.165) is 11.3 Å². The first-order valence-corrected chi connectivity index (χ1v) is 5.75. The lowest BCUT2D eigenvalue weighted by atomic mass is 10.1. The van der Waals surface area contributed by atoms with Crippen LogP contribution in [-0.2, 0) is 6.54 Å². The summed E-state index contributed by atoms with van der Waals surface area (Å²) in [4.78, 5) is 0. The van der Waals surface area contributed by atoms with Crippen LogP contribution in [0.5, 0.6) is 0 Å². The van der Waals surface area contributed by atoms with Crippen LogP contribution >= 0.6 is 0 Å². The normalized spacial score (nSPS) is 11.3. The minimum Gasteiger partial charge on any atom is -0.409 e. The van der Waals surface area contributed by atoms with Crippen LogP contribution in [0.4, 0.5) is 10.1 Å². The van der Waals surface area contributed by atoms with Crippen molar-refractivity contribution >= 4 is 11.5 Å². The van der Waals surface area contributed by atoms with E-state index in [2.05, 4.69) is 10.5 Å². The number of anilines is 1. The van der Waals surface area contributed by atoms with Gasteiger partial charge in [0.2, 0.25) is 0 Å². The number of rotatable bonds is 4. The van der Waals surface area contributed by atoms with E-state index in [4.69, 9.17) is 10.9 Å². The van der Waals surface area contributed by atoms with E-state index in [1.54, 1.807) is 24.3 Å². The number of hydrogen-bond donors (Lipinski definition) is 3. The Bertz CT molecular complexity index is 581. The Hall–Kier alpha value is -2.56. The van der Waals surface area contributed by atoms with Crippen LogP contribution in [0.2, 0.25) is 0 Å². The second-order valence-corrected chi connectivity index (χ2v) is 4.05. The smallest absolute Gasteiger partial charge is 0.170 e. The highest BCUT2D eigenvalue weighted by Gasteiger charge is 2.00. The Morgan fingerprint density at radius 1 is 1.21 bits per heavy atom. The van der Waals surface area contributed by atoms with Gasteiger partial charge in [-0.25, -0.2) is 4.39 Å². The monoisotopic (exact) mass is 259 g/mol. The van der Waals surface area contributed by atoms with Crippen molar-refractivity contribution in [3.63, 3.8) is 0 Å². The third kappa shape index (κ3) is 3.45. The number of nitrogens with one attached hydrogen (secondary N) is 1. The molecular formula is C14H14FN3O. The fraction of sp³-hybridized carbons (Fsp3) is 0.0714. The van der Waals surface area contributed by atoms with Crippen LogP contribution in [0, 0.1) is 5.82 Å². The highest BCUT2D eigenvalue weighted by molar-refractivity contribution is 5.96. The van der Waals surface area contributed by atoms with Crippen molar-refractivity contribution in [2.45, 2.75) is 6.54 Å². The molecule has 2 rings (SSSR count). The Morgan fingerprint density at radius 2 is 1.95 bits per heavy atom. The van der Waals surface area contributed by atoms with E-state index in [1.165, 1.54) is 12.1 Å². The third-order valence-corrected chi connectivity index (χ3v) is 2.68. The Kier molecular flexibility index (Phi) is 3.97. The summed E-state index contributed by atoms with van der Waals surface area (Å²) < 4.78 is 13.0. The molecule has 2 aromatic rings. The van der Waals surface area contributed by atoms with Crippen molar-refractivity contribution < 1.29 is 9.60 Å². The molecule has 0 heterocycles. The second kappa shape index (κ2) is 5.86. The lowest BCUT2D eigenvalue weighted by Gasteiger charge is -2.07. The van der Waals surface area contributed by atoms with Gasteiger partial charge in [-0.1, -0.05) is 35.5 Å². The number of oxime groups is 1. The van der Waals surface area contributed by atoms with Crippen LogP contribution in [0.25, 0.3) is 0 Å². The summed E-state index contributed by atoms with van der Waals surface area (Å²) in [5.74, 6) is -0.197. The predicted octanol–water partition coefficient (Wildman–Crippen LogP) is 2.53. The maximum atomic E-state index is 13.0. The molecule has 0 fully saturated rings. The predicted molar refractivity (Wildman–Crippen MR) is 72.7 cm³/mol. The van der Waals surface area contributed by atoms with Gasteiger partial charge in [-0.3, -0.25) is 0 Å². The van der Waals surface area contributed by atoms with Crippen LogP contribution < -0.4 is 11.1 Å². The van der Waals surface area contributed by atoms with E-state index in [1.807, 2.05) is 12.1 Å². The molecule has 0 unspecified atom stereocenters. The summed E-state index contributed by atoms with van der Waals surface area (Å²) in [6, 6.07) is 13.5. The molecule has 4 nitrogen and oxygen atoms in total. The fourth-order valence-corrected chi connectivity index (χ4v) is 1.65. The van der Waals surface area contributed by atoms with Gasteiger partial charge >= 0.3 is 0 Å². The summed E-state index contributed by atoms with van der Waals surface area (Å²) in [7, 11) is 0. The van der Waals surface area contributed by atoms with Gasteiger partial charge in [0.1, 0.15) is 5.82 Å². The zero-order chi connectivity index (χ0) is 13.7. The molecular weight excluding hydrogens is 245 g/mol. The molecule has 5 heteroatoms. The van der Waals surface area contributed by atoms with Gasteiger partial charge in [0, 0.05) is 17.8 Å². The minimum atomic E-state index is -0.271. The molecule has 4 N–H and O–H groups in total. The lowest BCUT2D eigenvalue weighted by Crippen LogP contribution is -2.13. The fourth-order valence-electron chi connectivity index (χ4n) is 1.65. The first-order valence-electron chi connectivity index (χ1n) is 5.75. The quantitative estimate of drug-likeness (QED) is 0.342. The molecule has 0 aromatic heterocycles. The summed E-state index contributed by atoms with van der Waals surface area (Å²) in [6.45, 7) is 0.569. The van der Waals surface area contributed by atoms with Gasteiger partial charge in [0.05, 0.1) is 0 Å². The Labute approximate surface area is 110 Å². The Balaban J connectivity index is 2.00. The average Bonchev–Trinajstić information content (AvgIpc) is 2.45. The molecule has 0 bridgehead atoms. The van der Waals surface area contributed by atoms with Crippen molar-refractivity contribution in [2.75, 3.05) is 5.32 Å². The van der Waals surface area contributed by atoms with E-state index >= 15 is 0 Å². The zero-order valence-corrected chi connectivity index (χ0v) is 10.2. The molecule has 0 aliphatic heterocycles. The van der Waals surface area contributed by atoms with Gasteiger partial charge < -0.3 is 16.3 Å². The summed E-state index contributed by atoms with van der Waals surface area (Å²) in [5.41, 5.74) is 7.85.